The average Bonchev–Trinajstić information content (AvgIpc) is 2.59. The van der Waals surface area contributed by atoms with Crippen LogP contribution in [0, 0.1) is 0 Å². The van der Waals surface area contributed by atoms with E-state index in [4.69, 9.17) is 46.4 Å². The van der Waals surface area contributed by atoms with Crippen LogP contribution < -0.4 is 10.9 Å². The van der Waals surface area contributed by atoms with E-state index < -0.39 is 11.8 Å². The lowest BCUT2D eigenvalue weighted by Gasteiger charge is -2.02. The smallest absolute Gasteiger partial charge is 0.262 e. The largest absolute Gasteiger partial charge is 0.331 e. The van der Waals surface area contributed by atoms with Gasteiger partial charge in [0.1, 0.15) is 0 Å². The number of nitrogens with one attached hydrogen (secondary N) is 2. The number of hydrogen-bond acceptors (Lipinski definition) is 4. The lowest BCUT2D eigenvalue weighted by atomic mass is 10.2. The Morgan fingerprint density at radius 3 is 1.31 bits per heavy atom. The van der Waals surface area contributed by atoms with Gasteiger partial charge >= 0.3 is 11.8 Å². The molecular weight excluding hydrogens is 422 g/mol. The van der Waals surface area contributed by atoms with Gasteiger partial charge in [0.15, 0.2) is 0 Å². The molecular formula is C16H10Cl4N4O2. The Labute approximate surface area is 168 Å². The standard InChI is InChI=1S/C16H10Cl4N4O2/c17-11-3-1-4-12(18)9(11)7-21-23-15(25)16(26)24-22-8-10-13(19)5-2-6-14(10)20/h1-8H,(H,23,25)(H,24,26)/b21-7+,22-8+. The van der Waals surface area contributed by atoms with Gasteiger partial charge in [0, 0.05) is 11.1 Å². The highest BCUT2D eigenvalue weighted by Crippen LogP contribution is 2.22. The first-order valence-electron chi connectivity index (χ1n) is 6.94. The zero-order chi connectivity index (χ0) is 19.1. The second-order valence-electron chi connectivity index (χ2n) is 4.67. The number of hydrogen-bond donors (Lipinski definition) is 2. The summed E-state index contributed by atoms with van der Waals surface area (Å²) in [5, 5.41) is 8.65. The predicted octanol–water partition coefficient (Wildman–Crippen LogP) is 3.90. The van der Waals surface area contributed by atoms with Crippen molar-refractivity contribution in [3.63, 3.8) is 0 Å². The Morgan fingerprint density at radius 1 is 0.692 bits per heavy atom. The summed E-state index contributed by atoms with van der Waals surface area (Å²) in [6.07, 6.45) is 2.45. The molecule has 134 valence electrons. The molecule has 0 aliphatic heterocycles. The highest BCUT2D eigenvalue weighted by atomic mass is 35.5. The van der Waals surface area contributed by atoms with Crippen LogP contribution in [0.5, 0.6) is 0 Å². The summed E-state index contributed by atoms with van der Waals surface area (Å²) in [6, 6.07) is 9.76. The molecule has 0 saturated heterocycles. The molecule has 6 nitrogen and oxygen atoms in total. The van der Waals surface area contributed by atoms with E-state index >= 15 is 0 Å². The van der Waals surface area contributed by atoms with E-state index in [1.165, 1.54) is 12.4 Å². The molecule has 0 radical (unpaired) electrons. The predicted molar refractivity (Wildman–Crippen MR) is 104 cm³/mol. The van der Waals surface area contributed by atoms with Crippen LogP contribution in [0.2, 0.25) is 20.1 Å². The van der Waals surface area contributed by atoms with E-state index in [1.807, 2.05) is 10.9 Å². The molecule has 0 unspecified atom stereocenters. The molecule has 0 spiro atoms. The molecule has 2 rings (SSSR count). The fourth-order valence-corrected chi connectivity index (χ4v) is 2.67. The van der Waals surface area contributed by atoms with Crippen molar-refractivity contribution in [1.29, 1.82) is 0 Å². The van der Waals surface area contributed by atoms with Crippen LogP contribution in [0.25, 0.3) is 0 Å². The highest BCUT2D eigenvalue weighted by molar-refractivity contribution is 6.39. The van der Waals surface area contributed by atoms with Crippen molar-refractivity contribution in [2.45, 2.75) is 0 Å². The zero-order valence-electron chi connectivity index (χ0n) is 12.8. The van der Waals surface area contributed by atoms with E-state index in [1.54, 1.807) is 36.4 Å². The molecule has 2 N–H and O–H groups in total. The number of amides is 2. The molecule has 0 bridgehead atoms. The van der Waals surface area contributed by atoms with Gasteiger partial charge in [0.05, 0.1) is 32.5 Å². The average molecular weight is 432 g/mol. The molecule has 0 heterocycles. The van der Waals surface area contributed by atoms with Crippen molar-refractivity contribution in [3.05, 3.63) is 67.6 Å². The van der Waals surface area contributed by atoms with Crippen LogP contribution in [-0.4, -0.2) is 24.2 Å². The van der Waals surface area contributed by atoms with Crippen LogP contribution in [0.4, 0.5) is 0 Å². The monoisotopic (exact) mass is 430 g/mol. The number of rotatable bonds is 4. The van der Waals surface area contributed by atoms with Crippen LogP contribution >= 0.6 is 46.4 Å². The minimum Gasteiger partial charge on any atom is -0.262 e. The van der Waals surface area contributed by atoms with Crippen molar-refractivity contribution in [3.8, 4) is 0 Å². The van der Waals surface area contributed by atoms with Crippen LogP contribution in [0.15, 0.2) is 46.6 Å². The summed E-state index contributed by atoms with van der Waals surface area (Å²) in [5.41, 5.74) is 4.87. The lowest BCUT2D eigenvalue weighted by Crippen LogP contribution is -2.35. The highest BCUT2D eigenvalue weighted by Gasteiger charge is 2.12. The van der Waals surface area contributed by atoms with Crippen LogP contribution in [0.1, 0.15) is 11.1 Å². The van der Waals surface area contributed by atoms with Gasteiger partial charge in [-0.1, -0.05) is 58.5 Å². The zero-order valence-corrected chi connectivity index (χ0v) is 15.9. The fraction of sp³-hybridized carbons (Fsp3) is 0. The van der Waals surface area contributed by atoms with Gasteiger partial charge < -0.3 is 0 Å². The molecule has 2 amide bonds. The van der Waals surface area contributed by atoms with Gasteiger partial charge in [0.2, 0.25) is 0 Å². The van der Waals surface area contributed by atoms with Crippen LogP contribution in [-0.2, 0) is 9.59 Å². The van der Waals surface area contributed by atoms with Crippen molar-refractivity contribution in [2.75, 3.05) is 0 Å². The molecule has 26 heavy (non-hydrogen) atoms. The maximum Gasteiger partial charge on any atom is 0.331 e. The van der Waals surface area contributed by atoms with Crippen molar-refractivity contribution in [2.24, 2.45) is 10.2 Å². The van der Waals surface area contributed by atoms with Crippen molar-refractivity contribution < 1.29 is 9.59 Å². The van der Waals surface area contributed by atoms with Gasteiger partial charge in [0.25, 0.3) is 0 Å². The van der Waals surface area contributed by atoms with Crippen molar-refractivity contribution in [1.82, 2.24) is 10.9 Å². The molecule has 0 saturated carbocycles. The van der Waals surface area contributed by atoms with Gasteiger partial charge in [-0.2, -0.15) is 10.2 Å². The first kappa shape index (κ1) is 20.2. The van der Waals surface area contributed by atoms with Crippen LogP contribution in [0.3, 0.4) is 0 Å². The number of hydrazone groups is 2. The molecule has 2 aromatic rings. The minimum atomic E-state index is -1.04. The number of carbonyl (C=O) groups excluding carboxylic acids is 2. The van der Waals surface area contributed by atoms with E-state index in [0.29, 0.717) is 31.2 Å². The molecule has 0 aliphatic rings. The SMILES string of the molecule is O=C(N/N=C/c1c(Cl)cccc1Cl)C(=O)N/N=C/c1c(Cl)cccc1Cl. The third kappa shape index (κ3) is 5.44. The van der Waals surface area contributed by atoms with Gasteiger partial charge in [-0.15, -0.1) is 0 Å². The third-order valence-corrected chi connectivity index (χ3v) is 4.24. The molecule has 0 aromatic heterocycles. The quantitative estimate of drug-likeness (QED) is 0.437. The maximum atomic E-state index is 11.7. The normalized spacial score (nSPS) is 11.1. The lowest BCUT2D eigenvalue weighted by molar-refractivity contribution is -0.139. The number of halogens is 4. The fourth-order valence-electron chi connectivity index (χ4n) is 1.68. The molecule has 0 atom stereocenters. The minimum absolute atomic E-state index is 0.348. The van der Waals surface area contributed by atoms with Crippen molar-refractivity contribution >= 4 is 70.6 Å². The summed E-state index contributed by atoms with van der Waals surface area (Å²) >= 11 is 23.8. The first-order valence-corrected chi connectivity index (χ1v) is 8.46. The Kier molecular flexibility index (Phi) is 7.41. The van der Waals surface area contributed by atoms with E-state index in [-0.39, 0.29) is 0 Å². The van der Waals surface area contributed by atoms with Gasteiger partial charge in [-0.05, 0) is 24.3 Å². The molecule has 0 fully saturated rings. The second-order valence-corrected chi connectivity index (χ2v) is 6.30. The Bertz CT molecular complexity index is 786. The number of benzene rings is 2. The molecule has 0 aliphatic carbocycles. The molecule has 2 aromatic carbocycles. The maximum absolute atomic E-state index is 11.7. The van der Waals surface area contributed by atoms with Gasteiger partial charge in [-0.3, -0.25) is 9.59 Å². The topological polar surface area (TPSA) is 82.9 Å². The third-order valence-electron chi connectivity index (χ3n) is 2.93. The second kappa shape index (κ2) is 9.54. The Hall–Kier alpha value is -2.12. The number of carbonyl (C=O) groups is 2. The Balaban J connectivity index is 1.93. The molecule has 10 heteroatoms. The van der Waals surface area contributed by atoms with Gasteiger partial charge in [-0.25, -0.2) is 10.9 Å². The summed E-state index contributed by atoms with van der Waals surface area (Å²) in [5.74, 6) is -2.07. The van der Waals surface area contributed by atoms with E-state index in [9.17, 15) is 9.59 Å². The Morgan fingerprint density at radius 2 is 1.00 bits per heavy atom. The summed E-state index contributed by atoms with van der Waals surface area (Å²) in [6.45, 7) is 0. The van der Waals surface area contributed by atoms with E-state index in [0.717, 1.165) is 0 Å². The summed E-state index contributed by atoms with van der Waals surface area (Å²) in [4.78, 5) is 23.3. The number of nitrogens with zero attached hydrogens (tertiary/aromatic N) is 2. The summed E-state index contributed by atoms with van der Waals surface area (Å²) < 4.78 is 0. The first-order chi connectivity index (χ1) is 12.4. The van der Waals surface area contributed by atoms with E-state index in [2.05, 4.69) is 10.2 Å². The summed E-state index contributed by atoms with van der Waals surface area (Å²) in [7, 11) is 0.